The quantitative estimate of drug-likeness (QED) is 0.648. The highest BCUT2D eigenvalue weighted by atomic mass is 19.4. The van der Waals surface area contributed by atoms with Gasteiger partial charge in [-0.05, 0) is 36.8 Å². The maximum atomic E-state index is 12.7. The van der Waals surface area contributed by atoms with E-state index >= 15 is 0 Å². The Morgan fingerprint density at radius 3 is 2.54 bits per heavy atom. The molecule has 0 amide bonds. The minimum absolute atomic E-state index is 0.241. The van der Waals surface area contributed by atoms with E-state index in [0.717, 1.165) is 17.1 Å². The van der Waals surface area contributed by atoms with Crippen LogP contribution in [0.1, 0.15) is 11.4 Å². The van der Waals surface area contributed by atoms with E-state index in [1.807, 2.05) is 19.1 Å². The number of hydrogen-bond acceptors (Lipinski definition) is 3. The van der Waals surface area contributed by atoms with Gasteiger partial charge < -0.3 is 9.47 Å². The zero-order valence-corrected chi connectivity index (χ0v) is 14.2. The summed E-state index contributed by atoms with van der Waals surface area (Å²) in [6, 6.07) is 15.1. The fourth-order valence-corrected chi connectivity index (χ4v) is 2.74. The van der Waals surface area contributed by atoms with Gasteiger partial charge in [0.25, 0.3) is 0 Å². The molecule has 0 bridgehead atoms. The van der Waals surface area contributed by atoms with Gasteiger partial charge in [0.2, 0.25) is 0 Å². The fraction of sp³-hybridized carbons (Fsp3) is 0.211. The third-order valence-electron chi connectivity index (χ3n) is 3.74. The highest BCUT2D eigenvalue weighted by Gasteiger charge is 2.32. The second-order valence-electron chi connectivity index (χ2n) is 5.72. The molecule has 0 aliphatic rings. The first-order valence-corrected chi connectivity index (χ1v) is 7.87. The summed E-state index contributed by atoms with van der Waals surface area (Å²) in [6.07, 6.45) is -4.75. The fourth-order valence-electron chi connectivity index (χ4n) is 2.74. The highest BCUT2D eigenvalue weighted by molar-refractivity contribution is 5.72. The van der Waals surface area contributed by atoms with Gasteiger partial charge in [0.1, 0.15) is 5.75 Å². The smallest absolute Gasteiger partial charge is 0.405 e. The Bertz CT molecular complexity index is 904. The van der Waals surface area contributed by atoms with Crippen LogP contribution in [-0.2, 0) is 11.3 Å². The maximum absolute atomic E-state index is 12.7. The lowest BCUT2D eigenvalue weighted by atomic mass is 10.0. The van der Waals surface area contributed by atoms with Crippen molar-refractivity contribution >= 4 is 0 Å². The first-order valence-electron chi connectivity index (χ1n) is 7.87. The highest BCUT2D eigenvalue weighted by Crippen LogP contribution is 2.34. The zero-order valence-electron chi connectivity index (χ0n) is 14.2. The molecule has 0 saturated carbocycles. The van der Waals surface area contributed by atoms with E-state index in [9.17, 15) is 13.2 Å². The van der Waals surface area contributed by atoms with Crippen LogP contribution >= 0.6 is 0 Å². The molecule has 0 saturated heterocycles. The van der Waals surface area contributed by atoms with E-state index in [4.69, 9.17) is 4.74 Å². The molecular formula is C19H17F3N2O2. The molecule has 0 atom stereocenters. The average Bonchev–Trinajstić information content (AvgIpc) is 2.95. The van der Waals surface area contributed by atoms with Crippen LogP contribution in [0, 0.1) is 6.92 Å². The standard InChI is InChI=1S/C19H17F3N2O2/c1-13-10-15(12-25-2)23-24(13)16-7-5-6-14(11-16)17-8-3-4-9-18(17)26-19(20,21)22/h3-11H,12H2,1-2H3. The maximum Gasteiger partial charge on any atom is 0.573 e. The van der Waals surface area contributed by atoms with Crippen molar-refractivity contribution in [2.45, 2.75) is 19.9 Å². The van der Waals surface area contributed by atoms with Crippen molar-refractivity contribution < 1.29 is 22.6 Å². The molecule has 3 aromatic rings. The van der Waals surface area contributed by atoms with E-state index in [-0.39, 0.29) is 5.75 Å². The van der Waals surface area contributed by atoms with Crippen LogP contribution in [0.4, 0.5) is 13.2 Å². The molecule has 7 heteroatoms. The normalized spacial score (nSPS) is 11.6. The van der Waals surface area contributed by atoms with E-state index in [2.05, 4.69) is 9.84 Å². The molecule has 0 fully saturated rings. The molecule has 4 nitrogen and oxygen atoms in total. The Kier molecular flexibility index (Phi) is 4.99. The number of halogens is 3. The van der Waals surface area contributed by atoms with Gasteiger partial charge in [-0.3, -0.25) is 0 Å². The minimum atomic E-state index is -4.75. The topological polar surface area (TPSA) is 36.3 Å². The summed E-state index contributed by atoms with van der Waals surface area (Å²) < 4.78 is 49.0. The number of ether oxygens (including phenoxy) is 2. The van der Waals surface area contributed by atoms with Crippen molar-refractivity contribution in [2.24, 2.45) is 0 Å². The van der Waals surface area contributed by atoms with E-state index in [1.54, 1.807) is 42.1 Å². The number of aromatic nitrogens is 2. The molecule has 0 radical (unpaired) electrons. The zero-order chi connectivity index (χ0) is 18.7. The van der Waals surface area contributed by atoms with Gasteiger partial charge in [-0.2, -0.15) is 5.10 Å². The van der Waals surface area contributed by atoms with Crippen LogP contribution in [0.3, 0.4) is 0 Å². The number of alkyl halides is 3. The Balaban J connectivity index is 2.01. The molecule has 26 heavy (non-hydrogen) atoms. The summed E-state index contributed by atoms with van der Waals surface area (Å²) >= 11 is 0. The molecule has 3 rings (SSSR count). The predicted molar refractivity (Wildman–Crippen MR) is 91.1 cm³/mol. The average molecular weight is 362 g/mol. The molecule has 0 aliphatic heterocycles. The van der Waals surface area contributed by atoms with Gasteiger partial charge in [-0.1, -0.05) is 30.3 Å². The summed E-state index contributed by atoms with van der Waals surface area (Å²) in [7, 11) is 1.59. The number of aryl methyl sites for hydroxylation is 1. The third-order valence-corrected chi connectivity index (χ3v) is 3.74. The molecule has 0 aliphatic carbocycles. The summed E-state index contributed by atoms with van der Waals surface area (Å²) in [5.74, 6) is -0.241. The Hall–Kier alpha value is -2.80. The monoisotopic (exact) mass is 362 g/mol. The Morgan fingerprint density at radius 1 is 1.04 bits per heavy atom. The summed E-state index contributed by atoms with van der Waals surface area (Å²) in [4.78, 5) is 0. The van der Waals surface area contributed by atoms with Crippen molar-refractivity contribution in [2.75, 3.05) is 7.11 Å². The first-order chi connectivity index (χ1) is 12.4. The van der Waals surface area contributed by atoms with Crippen LogP contribution in [0.5, 0.6) is 5.75 Å². The minimum Gasteiger partial charge on any atom is -0.405 e. The summed E-state index contributed by atoms with van der Waals surface area (Å²) in [6.45, 7) is 2.29. The van der Waals surface area contributed by atoms with Crippen LogP contribution in [0.25, 0.3) is 16.8 Å². The third kappa shape index (κ3) is 4.05. The summed E-state index contributed by atoms with van der Waals surface area (Å²) in [5, 5.41) is 4.47. The molecule has 0 unspecified atom stereocenters. The van der Waals surface area contributed by atoms with Crippen LogP contribution in [0.2, 0.25) is 0 Å². The van der Waals surface area contributed by atoms with Gasteiger partial charge in [0, 0.05) is 18.4 Å². The van der Waals surface area contributed by atoms with Crippen LogP contribution in [0.15, 0.2) is 54.6 Å². The Labute approximate surface area is 148 Å². The van der Waals surface area contributed by atoms with Gasteiger partial charge in [0.15, 0.2) is 0 Å². The largest absolute Gasteiger partial charge is 0.573 e. The SMILES string of the molecule is COCc1cc(C)n(-c2cccc(-c3ccccc3OC(F)(F)F)c2)n1. The number of benzene rings is 2. The van der Waals surface area contributed by atoms with Gasteiger partial charge in [-0.15, -0.1) is 13.2 Å². The second kappa shape index (κ2) is 7.21. The van der Waals surface area contributed by atoms with Crippen molar-refractivity contribution in [3.05, 3.63) is 66.0 Å². The molecular weight excluding hydrogens is 345 g/mol. The van der Waals surface area contributed by atoms with Crippen molar-refractivity contribution in [1.29, 1.82) is 0 Å². The van der Waals surface area contributed by atoms with E-state index in [1.165, 1.54) is 12.1 Å². The van der Waals surface area contributed by atoms with Gasteiger partial charge >= 0.3 is 6.36 Å². The first kappa shape index (κ1) is 18.0. The Morgan fingerprint density at radius 2 is 1.81 bits per heavy atom. The van der Waals surface area contributed by atoms with Gasteiger partial charge in [0.05, 0.1) is 18.0 Å². The number of nitrogens with zero attached hydrogens (tertiary/aromatic N) is 2. The van der Waals surface area contributed by atoms with Crippen molar-refractivity contribution in [3.63, 3.8) is 0 Å². The summed E-state index contributed by atoms with van der Waals surface area (Å²) in [5.41, 5.74) is 3.37. The predicted octanol–water partition coefficient (Wildman–Crippen LogP) is 4.89. The molecule has 0 N–H and O–H groups in total. The number of methoxy groups -OCH3 is 1. The van der Waals surface area contributed by atoms with E-state index in [0.29, 0.717) is 17.7 Å². The lowest BCUT2D eigenvalue weighted by Gasteiger charge is -2.14. The number of para-hydroxylation sites is 1. The number of rotatable bonds is 5. The lowest BCUT2D eigenvalue weighted by Crippen LogP contribution is -2.17. The van der Waals surface area contributed by atoms with E-state index < -0.39 is 6.36 Å². The molecule has 1 heterocycles. The second-order valence-corrected chi connectivity index (χ2v) is 5.72. The molecule has 2 aromatic carbocycles. The van der Waals surface area contributed by atoms with Crippen molar-refractivity contribution in [3.8, 4) is 22.6 Å². The molecule has 136 valence electrons. The van der Waals surface area contributed by atoms with Crippen LogP contribution < -0.4 is 4.74 Å². The van der Waals surface area contributed by atoms with Crippen LogP contribution in [-0.4, -0.2) is 23.3 Å². The van der Waals surface area contributed by atoms with Gasteiger partial charge in [-0.25, -0.2) is 4.68 Å². The lowest BCUT2D eigenvalue weighted by molar-refractivity contribution is -0.274. The molecule has 0 spiro atoms. The number of hydrogen-bond donors (Lipinski definition) is 0. The molecule has 1 aromatic heterocycles. The van der Waals surface area contributed by atoms with Crippen molar-refractivity contribution in [1.82, 2.24) is 9.78 Å².